The van der Waals surface area contributed by atoms with Crippen LogP contribution in [0, 0.1) is 0 Å². The van der Waals surface area contributed by atoms with Crippen molar-refractivity contribution in [2.24, 2.45) is 0 Å². The number of anilines is 1. The van der Waals surface area contributed by atoms with Gasteiger partial charge in [0.05, 0.1) is 11.3 Å². The third-order valence-electron chi connectivity index (χ3n) is 5.08. The van der Waals surface area contributed by atoms with E-state index in [9.17, 15) is 9.59 Å². The lowest BCUT2D eigenvalue weighted by atomic mass is 10.0. The molecular formula is C20H31ClN4O2. The number of rotatable bonds is 7. The van der Waals surface area contributed by atoms with Gasteiger partial charge in [-0.25, -0.2) is 0 Å². The molecule has 0 aromatic heterocycles. The van der Waals surface area contributed by atoms with Gasteiger partial charge in [0, 0.05) is 43.7 Å². The van der Waals surface area contributed by atoms with Gasteiger partial charge < -0.3 is 20.0 Å². The summed E-state index contributed by atoms with van der Waals surface area (Å²) in [7, 11) is 6.31. The van der Waals surface area contributed by atoms with Crippen molar-refractivity contribution in [2.45, 2.75) is 32.2 Å². The Kier molecular flexibility index (Phi) is 8.07. The Morgan fingerprint density at radius 3 is 2.44 bits per heavy atom. The van der Waals surface area contributed by atoms with Crippen molar-refractivity contribution >= 4 is 29.1 Å². The molecular weight excluding hydrogens is 364 g/mol. The smallest absolute Gasteiger partial charge is 0.255 e. The molecule has 0 bridgehead atoms. The summed E-state index contributed by atoms with van der Waals surface area (Å²) >= 11 is 6.05. The number of likely N-dealkylation sites (N-methyl/N-ethyl adjacent to an activating group) is 2. The second-order valence-corrected chi connectivity index (χ2v) is 7.84. The summed E-state index contributed by atoms with van der Waals surface area (Å²) in [6, 6.07) is 5.53. The van der Waals surface area contributed by atoms with Crippen LogP contribution < -0.4 is 5.32 Å². The van der Waals surface area contributed by atoms with Crippen LogP contribution in [0.5, 0.6) is 0 Å². The zero-order valence-corrected chi connectivity index (χ0v) is 17.6. The monoisotopic (exact) mass is 394 g/mol. The van der Waals surface area contributed by atoms with Gasteiger partial charge in [-0.15, -0.1) is 0 Å². The van der Waals surface area contributed by atoms with Crippen molar-refractivity contribution in [2.75, 3.05) is 52.6 Å². The fourth-order valence-corrected chi connectivity index (χ4v) is 3.44. The van der Waals surface area contributed by atoms with Gasteiger partial charge in [0.15, 0.2) is 0 Å². The van der Waals surface area contributed by atoms with Crippen LogP contribution in [0.3, 0.4) is 0 Å². The van der Waals surface area contributed by atoms with Gasteiger partial charge in [-0.05, 0) is 52.2 Å². The Hall–Kier alpha value is -1.63. The van der Waals surface area contributed by atoms with Crippen molar-refractivity contribution in [1.29, 1.82) is 0 Å². The maximum atomic E-state index is 13.0. The number of carbonyl (C=O) groups is 2. The third-order valence-corrected chi connectivity index (χ3v) is 5.32. The molecule has 2 amide bonds. The highest BCUT2D eigenvalue weighted by molar-refractivity contribution is 6.31. The molecule has 1 N–H and O–H groups in total. The number of carbonyl (C=O) groups excluding carboxylic acids is 2. The van der Waals surface area contributed by atoms with Crippen LogP contribution >= 0.6 is 11.6 Å². The molecule has 0 radical (unpaired) electrons. The van der Waals surface area contributed by atoms with Crippen LogP contribution in [0.25, 0.3) is 0 Å². The molecule has 1 aromatic rings. The molecule has 1 heterocycles. The van der Waals surface area contributed by atoms with Gasteiger partial charge in [0.2, 0.25) is 5.91 Å². The highest BCUT2D eigenvalue weighted by Crippen LogP contribution is 2.25. The summed E-state index contributed by atoms with van der Waals surface area (Å²) in [5.74, 6) is -0.181. The van der Waals surface area contributed by atoms with Crippen LogP contribution in [-0.4, -0.2) is 79.9 Å². The molecule has 6 nitrogen and oxygen atoms in total. The van der Waals surface area contributed by atoms with Crippen LogP contribution in [-0.2, 0) is 4.79 Å². The average molecular weight is 395 g/mol. The molecule has 27 heavy (non-hydrogen) atoms. The average Bonchev–Trinajstić information content (AvgIpc) is 2.65. The van der Waals surface area contributed by atoms with Gasteiger partial charge in [0.25, 0.3) is 5.91 Å². The van der Waals surface area contributed by atoms with E-state index in [2.05, 4.69) is 36.3 Å². The maximum absolute atomic E-state index is 13.0. The molecule has 0 unspecified atom stereocenters. The Labute approximate surface area is 167 Å². The minimum atomic E-state index is -0.132. The molecule has 150 valence electrons. The minimum Gasteiger partial charge on any atom is -0.338 e. The third kappa shape index (κ3) is 6.19. The van der Waals surface area contributed by atoms with Crippen LogP contribution in [0.15, 0.2) is 18.2 Å². The number of piperidine rings is 1. The van der Waals surface area contributed by atoms with E-state index in [0.29, 0.717) is 28.7 Å². The number of likely N-dealkylation sites (tertiary alicyclic amines) is 1. The van der Waals surface area contributed by atoms with E-state index in [1.165, 1.54) is 0 Å². The van der Waals surface area contributed by atoms with E-state index in [0.717, 1.165) is 39.0 Å². The van der Waals surface area contributed by atoms with Crippen molar-refractivity contribution in [3.63, 3.8) is 0 Å². The number of hydrogen-bond acceptors (Lipinski definition) is 4. The van der Waals surface area contributed by atoms with Crippen molar-refractivity contribution in [3.8, 4) is 0 Å². The lowest BCUT2D eigenvalue weighted by Crippen LogP contribution is -2.46. The molecule has 1 aromatic carbocycles. The molecule has 2 rings (SSSR count). The zero-order valence-electron chi connectivity index (χ0n) is 16.8. The Balaban J connectivity index is 2.00. The molecule has 0 atom stereocenters. The Morgan fingerprint density at radius 1 is 1.19 bits per heavy atom. The van der Waals surface area contributed by atoms with Gasteiger partial charge in [-0.1, -0.05) is 18.5 Å². The summed E-state index contributed by atoms with van der Waals surface area (Å²) < 4.78 is 0. The Bertz CT molecular complexity index is 657. The van der Waals surface area contributed by atoms with Crippen LogP contribution in [0.2, 0.25) is 5.02 Å². The number of nitrogens with zero attached hydrogens (tertiary/aromatic N) is 3. The number of nitrogens with one attached hydrogen (secondary N) is 1. The van der Waals surface area contributed by atoms with E-state index in [4.69, 9.17) is 11.6 Å². The summed E-state index contributed by atoms with van der Waals surface area (Å²) in [6.07, 6.45) is 2.27. The normalized spacial score (nSPS) is 15.4. The van der Waals surface area contributed by atoms with Crippen molar-refractivity contribution in [1.82, 2.24) is 14.7 Å². The summed E-state index contributed by atoms with van der Waals surface area (Å²) in [5.41, 5.74) is 0.991. The van der Waals surface area contributed by atoms with Crippen LogP contribution in [0.1, 0.15) is 36.5 Å². The maximum Gasteiger partial charge on any atom is 0.255 e. The summed E-state index contributed by atoms with van der Waals surface area (Å²) in [6.45, 7) is 5.27. The standard InChI is InChI=1S/C20H31ClN4O2/c1-5-19(26)22-18-14-15(21)6-7-17(18)20(27)25-10-8-16(9-11-25)24(4)13-12-23(2)3/h6-7,14,16H,5,8-13H2,1-4H3,(H,22,26). The number of hydrogen-bond donors (Lipinski definition) is 1. The fourth-order valence-electron chi connectivity index (χ4n) is 3.27. The first kappa shape index (κ1) is 21.7. The Morgan fingerprint density at radius 2 is 1.85 bits per heavy atom. The molecule has 1 aliphatic heterocycles. The zero-order chi connectivity index (χ0) is 20.0. The van der Waals surface area contributed by atoms with E-state index in [1.807, 2.05) is 4.90 Å². The van der Waals surface area contributed by atoms with E-state index >= 15 is 0 Å². The highest BCUT2D eigenvalue weighted by Gasteiger charge is 2.27. The predicted molar refractivity (Wildman–Crippen MR) is 110 cm³/mol. The first-order valence-electron chi connectivity index (χ1n) is 9.55. The van der Waals surface area contributed by atoms with Gasteiger partial charge in [-0.3, -0.25) is 9.59 Å². The molecule has 0 spiro atoms. The quantitative estimate of drug-likeness (QED) is 0.772. The topological polar surface area (TPSA) is 55.9 Å². The lowest BCUT2D eigenvalue weighted by Gasteiger charge is -2.37. The molecule has 1 aliphatic rings. The summed E-state index contributed by atoms with van der Waals surface area (Å²) in [4.78, 5) is 31.2. The van der Waals surface area contributed by atoms with E-state index in [1.54, 1.807) is 25.1 Å². The SMILES string of the molecule is CCC(=O)Nc1cc(Cl)ccc1C(=O)N1CCC(N(C)CCN(C)C)CC1. The van der Waals surface area contributed by atoms with Crippen molar-refractivity contribution < 1.29 is 9.59 Å². The molecule has 0 saturated carbocycles. The molecule has 0 aliphatic carbocycles. The van der Waals surface area contributed by atoms with Crippen molar-refractivity contribution in [3.05, 3.63) is 28.8 Å². The summed E-state index contributed by atoms with van der Waals surface area (Å²) in [5, 5.41) is 3.29. The number of benzene rings is 1. The fraction of sp³-hybridized carbons (Fsp3) is 0.600. The van der Waals surface area contributed by atoms with Gasteiger partial charge in [-0.2, -0.15) is 0 Å². The number of amides is 2. The van der Waals surface area contributed by atoms with Crippen LogP contribution in [0.4, 0.5) is 5.69 Å². The molecule has 1 fully saturated rings. The molecule has 7 heteroatoms. The first-order valence-corrected chi connectivity index (χ1v) is 9.93. The van der Waals surface area contributed by atoms with E-state index in [-0.39, 0.29) is 11.8 Å². The second kappa shape index (κ2) is 10.1. The predicted octanol–water partition coefficient (Wildman–Crippen LogP) is 2.79. The second-order valence-electron chi connectivity index (χ2n) is 7.40. The van der Waals surface area contributed by atoms with Gasteiger partial charge >= 0.3 is 0 Å². The number of halogens is 1. The lowest BCUT2D eigenvalue weighted by molar-refractivity contribution is -0.115. The van der Waals surface area contributed by atoms with Gasteiger partial charge in [0.1, 0.15) is 0 Å². The highest BCUT2D eigenvalue weighted by atomic mass is 35.5. The first-order chi connectivity index (χ1) is 12.8. The minimum absolute atomic E-state index is 0.0486. The largest absolute Gasteiger partial charge is 0.338 e. The molecule has 1 saturated heterocycles. The van der Waals surface area contributed by atoms with E-state index < -0.39 is 0 Å².